The Morgan fingerprint density at radius 2 is 1.69 bits per heavy atom. The van der Waals surface area contributed by atoms with E-state index in [9.17, 15) is 21.6 Å². The predicted molar refractivity (Wildman–Crippen MR) is 119 cm³/mol. The maximum atomic E-state index is 12.6. The second-order valence-electron chi connectivity index (χ2n) is 6.41. The number of sulfonamides is 1. The fraction of sp³-hybridized carbons (Fsp3) is 0. The molecule has 9 nitrogen and oxygen atoms in total. The number of nitrogens with zero attached hydrogens (tertiary/aromatic N) is 1. The summed E-state index contributed by atoms with van der Waals surface area (Å²) in [6, 6.07) is 14.2. The van der Waals surface area contributed by atoms with Gasteiger partial charge in [0.2, 0.25) is 0 Å². The molecule has 0 bridgehead atoms. The van der Waals surface area contributed by atoms with E-state index >= 15 is 0 Å². The highest BCUT2D eigenvalue weighted by Gasteiger charge is 2.21. The van der Waals surface area contributed by atoms with Gasteiger partial charge in [-0.05, 0) is 42.5 Å². The summed E-state index contributed by atoms with van der Waals surface area (Å²) in [5.74, 6) is -0.232. The van der Waals surface area contributed by atoms with E-state index in [4.69, 9.17) is 8.60 Å². The topological polar surface area (TPSA) is 133 Å². The number of anilines is 1. The van der Waals surface area contributed by atoms with Crippen molar-refractivity contribution in [1.82, 2.24) is 4.98 Å². The summed E-state index contributed by atoms with van der Waals surface area (Å²) in [4.78, 5) is 16.0. The van der Waals surface area contributed by atoms with E-state index in [0.29, 0.717) is 4.47 Å². The molecular formula is C20H13BrN2O7S2. The summed E-state index contributed by atoms with van der Waals surface area (Å²) in [6.45, 7) is 0. The first-order chi connectivity index (χ1) is 15.2. The number of fused-ring (bicyclic) bond motifs is 1. The molecule has 4 rings (SSSR count). The Balaban J connectivity index is 1.72. The summed E-state index contributed by atoms with van der Waals surface area (Å²) < 4.78 is 63.3. The fourth-order valence-corrected chi connectivity index (χ4v) is 5.29. The molecule has 2 heterocycles. The average molecular weight is 537 g/mol. The van der Waals surface area contributed by atoms with Crippen molar-refractivity contribution in [2.75, 3.05) is 4.72 Å². The summed E-state index contributed by atoms with van der Waals surface area (Å²) >= 11 is 3.20. The monoisotopic (exact) mass is 536 g/mol. The van der Waals surface area contributed by atoms with E-state index in [1.165, 1.54) is 60.8 Å². The van der Waals surface area contributed by atoms with Gasteiger partial charge in [0.05, 0.1) is 4.90 Å². The van der Waals surface area contributed by atoms with Gasteiger partial charge in [-0.3, -0.25) is 9.71 Å². The SMILES string of the molecule is O=c1oc2c(OS(=O)(=O)c3cccnc3)cccc2cc1NS(=O)(=O)c1cccc(Br)c1. The normalized spacial score (nSPS) is 11.9. The zero-order chi connectivity index (χ0) is 22.9. The Bertz CT molecular complexity index is 1590. The van der Waals surface area contributed by atoms with Gasteiger partial charge in [-0.15, -0.1) is 0 Å². The maximum absolute atomic E-state index is 12.6. The molecule has 0 saturated heterocycles. The molecule has 12 heteroatoms. The van der Waals surface area contributed by atoms with Crippen LogP contribution < -0.4 is 14.5 Å². The Hall–Kier alpha value is -3.22. The number of rotatable bonds is 6. The Labute approximate surface area is 191 Å². The quantitative estimate of drug-likeness (QED) is 0.292. The number of para-hydroxylation sites is 1. The zero-order valence-corrected chi connectivity index (χ0v) is 19.1. The van der Waals surface area contributed by atoms with Crippen LogP contribution in [0.1, 0.15) is 0 Å². The Morgan fingerprint density at radius 1 is 0.938 bits per heavy atom. The van der Waals surface area contributed by atoms with E-state index < -0.39 is 25.8 Å². The van der Waals surface area contributed by atoms with Crippen molar-refractivity contribution < 1.29 is 25.4 Å². The summed E-state index contributed by atoms with van der Waals surface area (Å²) in [7, 11) is -8.31. The van der Waals surface area contributed by atoms with Crippen LogP contribution in [-0.4, -0.2) is 21.8 Å². The minimum Gasteiger partial charge on any atom is -0.417 e. The lowest BCUT2D eigenvalue weighted by Crippen LogP contribution is -2.18. The third kappa shape index (κ3) is 4.52. The molecule has 0 atom stereocenters. The summed E-state index contributed by atoms with van der Waals surface area (Å²) in [5, 5.41) is 0.246. The van der Waals surface area contributed by atoms with Gasteiger partial charge in [0.1, 0.15) is 10.6 Å². The largest absolute Gasteiger partial charge is 0.417 e. The second kappa shape index (κ2) is 8.37. The third-order valence-electron chi connectivity index (χ3n) is 4.20. The molecule has 0 amide bonds. The van der Waals surface area contributed by atoms with Crippen LogP contribution in [0.4, 0.5) is 5.69 Å². The van der Waals surface area contributed by atoms with Crippen molar-refractivity contribution in [1.29, 1.82) is 0 Å². The molecule has 2 aromatic heterocycles. The van der Waals surface area contributed by atoms with Gasteiger partial charge in [0, 0.05) is 22.3 Å². The van der Waals surface area contributed by atoms with Gasteiger partial charge in [0.15, 0.2) is 11.3 Å². The number of hydrogen-bond acceptors (Lipinski definition) is 8. The van der Waals surface area contributed by atoms with Gasteiger partial charge in [0.25, 0.3) is 10.0 Å². The van der Waals surface area contributed by atoms with Gasteiger partial charge < -0.3 is 8.60 Å². The molecule has 164 valence electrons. The van der Waals surface area contributed by atoms with Crippen molar-refractivity contribution in [2.24, 2.45) is 0 Å². The lowest BCUT2D eigenvalue weighted by molar-refractivity contribution is 0.475. The molecule has 0 saturated carbocycles. The third-order valence-corrected chi connectivity index (χ3v) is 7.27. The van der Waals surface area contributed by atoms with Gasteiger partial charge in [-0.25, -0.2) is 13.2 Å². The minimum absolute atomic E-state index is 0.0639. The highest BCUT2D eigenvalue weighted by Crippen LogP contribution is 2.29. The number of nitrogens with one attached hydrogen (secondary N) is 1. The molecule has 0 spiro atoms. The van der Waals surface area contributed by atoms with E-state index in [1.54, 1.807) is 6.07 Å². The van der Waals surface area contributed by atoms with Crippen molar-refractivity contribution in [3.05, 3.63) is 88.0 Å². The first-order valence-corrected chi connectivity index (χ1v) is 12.5. The van der Waals surface area contributed by atoms with Crippen LogP contribution >= 0.6 is 15.9 Å². The highest BCUT2D eigenvalue weighted by molar-refractivity contribution is 9.10. The highest BCUT2D eigenvalue weighted by atomic mass is 79.9. The molecule has 0 radical (unpaired) electrons. The fourth-order valence-electron chi connectivity index (χ4n) is 2.75. The number of halogens is 1. The maximum Gasteiger partial charge on any atom is 0.360 e. The minimum atomic E-state index is -4.24. The smallest absolute Gasteiger partial charge is 0.360 e. The van der Waals surface area contributed by atoms with Crippen molar-refractivity contribution in [3.63, 3.8) is 0 Å². The van der Waals surface area contributed by atoms with Crippen LogP contribution in [0.15, 0.2) is 96.5 Å². The van der Waals surface area contributed by atoms with Crippen LogP contribution in [0.2, 0.25) is 0 Å². The van der Waals surface area contributed by atoms with Crippen molar-refractivity contribution in [3.8, 4) is 5.75 Å². The van der Waals surface area contributed by atoms with Gasteiger partial charge >= 0.3 is 15.7 Å². The lowest BCUT2D eigenvalue weighted by atomic mass is 10.2. The van der Waals surface area contributed by atoms with E-state index in [1.807, 2.05) is 0 Å². The molecule has 32 heavy (non-hydrogen) atoms. The standard InChI is InChI=1S/C20H13BrN2O7S2/c21-14-5-2-6-15(11-14)31(25,26)23-17-10-13-4-1-8-18(19(13)29-20(17)24)30-32(27,28)16-7-3-9-22-12-16/h1-12,23H. The molecule has 0 unspecified atom stereocenters. The van der Waals surface area contributed by atoms with Gasteiger partial charge in [-0.2, -0.15) is 8.42 Å². The average Bonchev–Trinajstić information content (AvgIpc) is 2.75. The van der Waals surface area contributed by atoms with Crippen LogP contribution in [0.25, 0.3) is 11.0 Å². The molecule has 0 aliphatic heterocycles. The van der Waals surface area contributed by atoms with Crippen LogP contribution in [0, 0.1) is 0 Å². The molecule has 0 fully saturated rings. The second-order valence-corrected chi connectivity index (χ2v) is 10.6. The number of hydrogen-bond donors (Lipinski definition) is 1. The van der Waals surface area contributed by atoms with Crippen LogP contribution in [0.3, 0.4) is 0 Å². The van der Waals surface area contributed by atoms with Crippen molar-refractivity contribution >= 4 is 52.7 Å². The van der Waals surface area contributed by atoms with E-state index in [0.717, 1.165) is 6.20 Å². The molecule has 0 aliphatic carbocycles. The van der Waals surface area contributed by atoms with Crippen LogP contribution in [0.5, 0.6) is 5.75 Å². The molecule has 0 aliphatic rings. The number of benzene rings is 2. The lowest BCUT2D eigenvalue weighted by Gasteiger charge is -2.10. The summed E-state index contributed by atoms with van der Waals surface area (Å²) in [5.41, 5.74) is -1.52. The van der Waals surface area contributed by atoms with Crippen molar-refractivity contribution in [2.45, 2.75) is 9.79 Å². The first kappa shape index (κ1) is 22.0. The van der Waals surface area contributed by atoms with Crippen LogP contribution in [-0.2, 0) is 20.1 Å². The zero-order valence-electron chi connectivity index (χ0n) is 15.9. The molecule has 2 aromatic carbocycles. The Kier molecular flexibility index (Phi) is 5.75. The van der Waals surface area contributed by atoms with E-state index in [-0.39, 0.29) is 32.2 Å². The molecule has 1 N–H and O–H groups in total. The number of aromatic nitrogens is 1. The Morgan fingerprint density at radius 3 is 2.41 bits per heavy atom. The predicted octanol–water partition coefficient (Wildman–Crippen LogP) is 3.52. The summed E-state index contributed by atoms with van der Waals surface area (Å²) in [6.07, 6.45) is 2.53. The van der Waals surface area contributed by atoms with E-state index in [2.05, 4.69) is 25.6 Å². The van der Waals surface area contributed by atoms with Gasteiger partial charge in [-0.1, -0.05) is 34.1 Å². The number of pyridine rings is 1. The molecular weight excluding hydrogens is 524 g/mol. The molecule has 4 aromatic rings. The first-order valence-electron chi connectivity index (χ1n) is 8.85.